The Hall–Kier alpha value is -1.10. The van der Waals surface area contributed by atoms with E-state index in [-0.39, 0.29) is 25.1 Å². The largest absolute Gasteiger partial charge is 0.395 e. The van der Waals surface area contributed by atoms with E-state index in [1.54, 1.807) is 36.2 Å². The molecule has 0 heterocycles. The van der Waals surface area contributed by atoms with Gasteiger partial charge in [-0.1, -0.05) is 17.7 Å². The van der Waals surface area contributed by atoms with Gasteiger partial charge in [0.15, 0.2) is 0 Å². The van der Waals surface area contributed by atoms with Gasteiger partial charge in [0, 0.05) is 16.8 Å². The molecule has 1 amide bonds. The van der Waals surface area contributed by atoms with Gasteiger partial charge in [-0.2, -0.15) is 0 Å². The molecule has 1 atom stereocenters. The van der Waals surface area contributed by atoms with E-state index in [9.17, 15) is 4.79 Å². The highest BCUT2D eigenvalue weighted by Crippen LogP contribution is 2.14. The second-order valence-electron chi connectivity index (χ2n) is 4.01. The highest BCUT2D eigenvalue weighted by Gasteiger charge is 2.12. The lowest BCUT2D eigenvalue weighted by atomic mass is 10.3. The minimum Gasteiger partial charge on any atom is -0.395 e. The standard InChI is InChI=1S/C12H17ClN2O2/c1-9(8-16)15(2)7-12(17)14-11-5-3-4-10(13)6-11/h3-6,9,16H,7-8H2,1-2H3,(H,14,17). The van der Waals surface area contributed by atoms with E-state index in [0.29, 0.717) is 10.7 Å². The summed E-state index contributed by atoms with van der Waals surface area (Å²) in [5.74, 6) is -0.130. The highest BCUT2D eigenvalue weighted by atomic mass is 35.5. The summed E-state index contributed by atoms with van der Waals surface area (Å²) < 4.78 is 0. The molecule has 17 heavy (non-hydrogen) atoms. The number of carbonyl (C=O) groups is 1. The van der Waals surface area contributed by atoms with Gasteiger partial charge in [0.05, 0.1) is 13.2 Å². The normalized spacial score (nSPS) is 12.5. The van der Waals surface area contributed by atoms with Crippen molar-refractivity contribution < 1.29 is 9.90 Å². The Morgan fingerprint density at radius 3 is 2.88 bits per heavy atom. The number of halogens is 1. The monoisotopic (exact) mass is 256 g/mol. The molecule has 0 bridgehead atoms. The summed E-state index contributed by atoms with van der Waals surface area (Å²) in [7, 11) is 1.79. The van der Waals surface area contributed by atoms with Gasteiger partial charge in [0.25, 0.3) is 0 Å². The van der Waals surface area contributed by atoms with E-state index in [1.165, 1.54) is 0 Å². The van der Waals surface area contributed by atoms with E-state index >= 15 is 0 Å². The van der Waals surface area contributed by atoms with E-state index in [0.717, 1.165) is 0 Å². The van der Waals surface area contributed by atoms with Gasteiger partial charge in [0.2, 0.25) is 5.91 Å². The maximum Gasteiger partial charge on any atom is 0.238 e. The van der Waals surface area contributed by atoms with Crippen LogP contribution in [-0.4, -0.2) is 42.2 Å². The third-order valence-corrected chi connectivity index (χ3v) is 2.75. The molecule has 0 radical (unpaired) electrons. The number of likely N-dealkylation sites (N-methyl/N-ethyl adjacent to an activating group) is 1. The van der Waals surface area contributed by atoms with Crippen molar-refractivity contribution in [3.05, 3.63) is 29.3 Å². The van der Waals surface area contributed by atoms with Gasteiger partial charge in [-0.25, -0.2) is 0 Å². The minimum absolute atomic E-state index is 0.0287. The molecule has 1 aromatic rings. The van der Waals surface area contributed by atoms with Crippen LogP contribution in [0.4, 0.5) is 5.69 Å². The average Bonchev–Trinajstić information content (AvgIpc) is 2.27. The first-order chi connectivity index (χ1) is 8.02. The summed E-state index contributed by atoms with van der Waals surface area (Å²) in [4.78, 5) is 13.5. The van der Waals surface area contributed by atoms with Crippen LogP contribution in [0.2, 0.25) is 5.02 Å². The lowest BCUT2D eigenvalue weighted by molar-refractivity contribution is -0.117. The molecule has 5 heteroatoms. The zero-order valence-corrected chi connectivity index (χ0v) is 10.7. The van der Waals surface area contributed by atoms with Gasteiger partial charge < -0.3 is 10.4 Å². The number of benzene rings is 1. The van der Waals surface area contributed by atoms with Gasteiger partial charge >= 0.3 is 0 Å². The summed E-state index contributed by atoms with van der Waals surface area (Å²) in [6, 6.07) is 6.95. The first kappa shape index (κ1) is 14.0. The second kappa shape index (κ2) is 6.59. The van der Waals surface area contributed by atoms with Crippen molar-refractivity contribution in [2.45, 2.75) is 13.0 Å². The molecular formula is C12H17ClN2O2. The number of anilines is 1. The number of amides is 1. The SMILES string of the molecule is CC(CO)N(C)CC(=O)Nc1cccc(Cl)c1. The van der Waals surface area contributed by atoms with Crippen LogP contribution in [0.1, 0.15) is 6.92 Å². The smallest absolute Gasteiger partial charge is 0.238 e. The van der Waals surface area contributed by atoms with E-state index in [1.807, 2.05) is 6.92 Å². The van der Waals surface area contributed by atoms with Crippen molar-refractivity contribution in [3.63, 3.8) is 0 Å². The molecule has 2 N–H and O–H groups in total. The number of hydrogen-bond donors (Lipinski definition) is 2. The first-order valence-corrected chi connectivity index (χ1v) is 5.77. The summed E-state index contributed by atoms with van der Waals surface area (Å²) in [6.07, 6.45) is 0. The van der Waals surface area contributed by atoms with Crippen molar-refractivity contribution in [2.24, 2.45) is 0 Å². The van der Waals surface area contributed by atoms with Crippen LogP contribution in [0.3, 0.4) is 0 Å². The molecule has 0 spiro atoms. The van der Waals surface area contributed by atoms with Crippen LogP contribution in [-0.2, 0) is 4.79 Å². The summed E-state index contributed by atoms with van der Waals surface area (Å²) >= 11 is 5.81. The fourth-order valence-corrected chi connectivity index (χ4v) is 1.48. The van der Waals surface area contributed by atoms with Crippen molar-refractivity contribution >= 4 is 23.2 Å². The van der Waals surface area contributed by atoms with Gasteiger partial charge in [0.1, 0.15) is 0 Å². The summed E-state index contributed by atoms with van der Waals surface area (Å²) in [5, 5.41) is 12.3. The zero-order chi connectivity index (χ0) is 12.8. The van der Waals surface area contributed by atoms with Gasteiger partial charge in [-0.05, 0) is 32.2 Å². The third kappa shape index (κ3) is 4.73. The Bertz CT molecular complexity index is 385. The molecule has 4 nitrogen and oxygen atoms in total. The van der Waals surface area contributed by atoms with Crippen LogP contribution in [0.5, 0.6) is 0 Å². The molecule has 0 aliphatic carbocycles. The Morgan fingerprint density at radius 1 is 1.59 bits per heavy atom. The number of aliphatic hydroxyl groups is 1. The Balaban J connectivity index is 2.50. The number of carbonyl (C=O) groups excluding carboxylic acids is 1. The van der Waals surface area contributed by atoms with Crippen LogP contribution in [0.15, 0.2) is 24.3 Å². The Morgan fingerprint density at radius 2 is 2.29 bits per heavy atom. The number of nitrogens with one attached hydrogen (secondary N) is 1. The Kier molecular flexibility index (Phi) is 5.41. The maximum absolute atomic E-state index is 11.7. The van der Waals surface area contributed by atoms with Crippen LogP contribution >= 0.6 is 11.6 Å². The molecule has 0 fully saturated rings. The van der Waals surface area contributed by atoms with E-state index in [4.69, 9.17) is 16.7 Å². The number of hydrogen-bond acceptors (Lipinski definition) is 3. The lowest BCUT2D eigenvalue weighted by Crippen LogP contribution is -2.38. The predicted molar refractivity (Wildman–Crippen MR) is 69.3 cm³/mol. The van der Waals surface area contributed by atoms with E-state index < -0.39 is 0 Å². The summed E-state index contributed by atoms with van der Waals surface area (Å²) in [6.45, 7) is 2.11. The molecule has 0 aromatic heterocycles. The molecule has 0 aliphatic rings. The lowest BCUT2D eigenvalue weighted by Gasteiger charge is -2.21. The maximum atomic E-state index is 11.7. The van der Waals surface area contributed by atoms with Gasteiger partial charge in [-0.3, -0.25) is 9.69 Å². The van der Waals surface area contributed by atoms with E-state index in [2.05, 4.69) is 5.32 Å². The first-order valence-electron chi connectivity index (χ1n) is 5.39. The van der Waals surface area contributed by atoms with Crippen LogP contribution in [0, 0.1) is 0 Å². The number of rotatable bonds is 5. The fraction of sp³-hybridized carbons (Fsp3) is 0.417. The van der Waals surface area contributed by atoms with Crippen molar-refractivity contribution in [2.75, 3.05) is 25.5 Å². The molecule has 0 aliphatic heterocycles. The third-order valence-electron chi connectivity index (χ3n) is 2.52. The molecule has 1 unspecified atom stereocenters. The molecule has 0 saturated heterocycles. The number of nitrogens with zero attached hydrogens (tertiary/aromatic N) is 1. The fourth-order valence-electron chi connectivity index (χ4n) is 1.29. The predicted octanol–water partition coefficient (Wildman–Crippen LogP) is 1.59. The molecular weight excluding hydrogens is 240 g/mol. The average molecular weight is 257 g/mol. The van der Waals surface area contributed by atoms with Crippen molar-refractivity contribution in [3.8, 4) is 0 Å². The number of aliphatic hydroxyl groups excluding tert-OH is 1. The second-order valence-corrected chi connectivity index (χ2v) is 4.44. The molecule has 1 rings (SSSR count). The minimum atomic E-state index is -0.130. The van der Waals surface area contributed by atoms with Crippen LogP contribution < -0.4 is 5.32 Å². The summed E-state index contributed by atoms with van der Waals surface area (Å²) in [5.41, 5.74) is 0.674. The molecule has 94 valence electrons. The Labute approximate surface area is 106 Å². The van der Waals surface area contributed by atoms with Crippen LogP contribution in [0.25, 0.3) is 0 Å². The zero-order valence-electron chi connectivity index (χ0n) is 9.98. The molecule has 0 saturated carbocycles. The topological polar surface area (TPSA) is 52.6 Å². The highest BCUT2D eigenvalue weighted by molar-refractivity contribution is 6.30. The molecule has 1 aromatic carbocycles. The van der Waals surface area contributed by atoms with Crippen molar-refractivity contribution in [1.82, 2.24) is 4.90 Å². The quantitative estimate of drug-likeness (QED) is 0.841. The van der Waals surface area contributed by atoms with Crippen molar-refractivity contribution in [1.29, 1.82) is 0 Å². The van der Waals surface area contributed by atoms with Gasteiger partial charge in [-0.15, -0.1) is 0 Å².